The highest BCUT2D eigenvalue weighted by molar-refractivity contribution is 5.73. The molecule has 0 amide bonds. The van der Waals surface area contributed by atoms with Crippen LogP contribution in [0.4, 0.5) is 0 Å². The van der Waals surface area contributed by atoms with Gasteiger partial charge in [-0.3, -0.25) is 4.79 Å². The zero-order valence-corrected chi connectivity index (χ0v) is 11.4. The van der Waals surface area contributed by atoms with Crippen molar-refractivity contribution in [2.75, 3.05) is 7.11 Å². The van der Waals surface area contributed by atoms with Gasteiger partial charge in [0, 0.05) is 5.41 Å². The van der Waals surface area contributed by atoms with E-state index in [9.17, 15) is 4.79 Å². The Kier molecular flexibility index (Phi) is 1.95. The first-order chi connectivity index (χ1) is 7.80. The average molecular weight is 238 g/mol. The van der Waals surface area contributed by atoms with E-state index in [0.29, 0.717) is 12.0 Å². The predicted octanol–water partition coefficient (Wildman–Crippen LogP) is 2.39. The summed E-state index contributed by atoms with van der Waals surface area (Å²) in [5.41, 5.74) is 0.325. The summed E-state index contributed by atoms with van der Waals surface area (Å²) in [5.74, 6) is 0.375. The van der Waals surface area contributed by atoms with Gasteiger partial charge in [-0.2, -0.15) is 0 Å². The fourth-order valence-corrected chi connectivity index (χ4v) is 4.78. The number of methoxy groups -OCH3 is 1. The fraction of sp³-hybridized carbons (Fsp3) is 0.929. The van der Waals surface area contributed by atoms with Gasteiger partial charge in [0.2, 0.25) is 0 Å². The molecule has 3 heteroatoms. The Bertz CT molecular complexity index is 393. The normalized spacial score (nSPS) is 59.7. The summed E-state index contributed by atoms with van der Waals surface area (Å²) in [5, 5.41) is 0. The van der Waals surface area contributed by atoms with Gasteiger partial charge in [-0.1, -0.05) is 20.8 Å². The first kappa shape index (κ1) is 11.5. The monoisotopic (exact) mass is 238 g/mol. The maximum Gasteiger partial charge on any atom is 0.308 e. The Morgan fingerprint density at radius 3 is 2.47 bits per heavy atom. The number of carbonyl (C=O) groups excluding carboxylic acids is 1. The smallest absolute Gasteiger partial charge is 0.308 e. The van der Waals surface area contributed by atoms with Crippen LogP contribution in [-0.2, 0) is 14.3 Å². The standard InChI is InChI=1S/C14H22O3/c1-8-9(11(15)16-5)6-13(3)12(8,2)7-10-14(13,4)17-10/h8-10H,6-7H2,1-5H3/t8-,9+,10+,12-,13+,14+/m1/s1. The Hall–Kier alpha value is -0.570. The number of rotatable bonds is 1. The van der Waals surface area contributed by atoms with Crippen LogP contribution in [0.3, 0.4) is 0 Å². The number of hydrogen-bond donors (Lipinski definition) is 0. The molecule has 3 rings (SSSR count). The fourth-order valence-electron chi connectivity index (χ4n) is 4.78. The molecule has 0 N–H and O–H groups in total. The lowest BCUT2D eigenvalue weighted by Gasteiger charge is -2.42. The van der Waals surface area contributed by atoms with Crippen molar-refractivity contribution in [2.24, 2.45) is 22.7 Å². The molecule has 1 heterocycles. The summed E-state index contributed by atoms with van der Waals surface area (Å²) in [7, 11) is 1.49. The second-order valence-electron chi connectivity index (χ2n) is 6.79. The third-order valence-electron chi connectivity index (χ3n) is 6.65. The number of fused-ring (bicyclic) bond motifs is 3. The van der Waals surface area contributed by atoms with Crippen LogP contribution in [0.5, 0.6) is 0 Å². The quantitative estimate of drug-likeness (QED) is 0.520. The van der Waals surface area contributed by atoms with E-state index >= 15 is 0 Å². The summed E-state index contributed by atoms with van der Waals surface area (Å²) in [6, 6.07) is 0. The van der Waals surface area contributed by atoms with Gasteiger partial charge in [0.25, 0.3) is 0 Å². The summed E-state index contributed by atoms with van der Waals surface area (Å²) >= 11 is 0. The Balaban J connectivity index is 1.99. The highest BCUT2D eigenvalue weighted by Crippen LogP contribution is 2.77. The maximum atomic E-state index is 11.9. The molecule has 1 saturated heterocycles. The van der Waals surface area contributed by atoms with Crippen molar-refractivity contribution >= 4 is 5.97 Å². The summed E-state index contributed by atoms with van der Waals surface area (Å²) in [4.78, 5) is 11.9. The highest BCUT2D eigenvalue weighted by Gasteiger charge is 2.80. The minimum Gasteiger partial charge on any atom is -0.469 e. The first-order valence-corrected chi connectivity index (χ1v) is 6.56. The van der Waals surface area contributed by atoms with E-state index in [2.05, 4.69) is 27.7 Å². The lowest BCUT2D eigenvalue weighted by atomic mass is 9.63. The van der Waals surface area contributed by atoms with Crippen LogP contribution in [0.1, 0.15) is 40.5 Å². The van der Waals surface area contributed by atoms with Gasteiger partial charge in [0.1, 0.15) is 0 Å². The summed E-state index contributed by atoms with van der Waals surface area (Å²) in [6.45, 7) is 9.07. The third kappa shape index (κ3) is 1.01. The molecule has 2 saturated carbocycles. The highest BCUT2D eigenvalue weighted by atomic mass is 16.6. The van der Waals surface area contributed by atoms with Gasteiger partial charge in [0.15, 0.2) is 0 Å². The molecule has 0 unspecified atom stereocenters. The average Bonchev–Trinajstić information content (AvgIpc) is 2.84. The number of ether oxygens (including phenoxy) is 2. The zero-order valence-electron chi connectivity index (χ0n) is 11.4. The number of esters is 1. The molecular weight excluding hydrogens is 216 g/mol. The van der Waals surface area contributed by atoms with E-state index in [4.69, 9.17) is 9.47 Å². The molecule has 0 bridgehead atoms. The SMILES string of the molecule is COC(=O)[C@H]1C[C@]2(C)[C@@]3(C)O[C@H]3C[C@]2(C)[C@@H]1C. The van der Waals surface area contributed by atoms with Crippen molar-refractivity contribution in [1.82, 2.24) is 0 Å². The van der Waals surface area contributed by atoms with Crippen molar-refractivity contribution in [2.45, 2.75) is 52.2 Å². The first-order valence-electron chi connectivity index (χ1n) is 6.56. The third-order valence-corrected chi connectivity index (χ3v) is 6.65. The van der Waals surface area contributed by atoms with Crippen molar-refractivity contribution in [3.8, 4) is 0 Å². The molecular formula is C14H22O3. The van der Waals surface area contributed by atoms with E-state index in [1.54, 1.807) is 0 Å². The van der Waals surface area contributed by atoms with Crippen molar-refractivity contribution in [3.63, 3.8) is 0 Å². The summed E-state index contributed by atoms with van der Waals surface area (Å²) < 4.78 is 10.8. The molecule has 0 radical (unpaired) electrons. The van der Waals surface area contributed by atoms with Gasteiger partial charge in [-0.05, 0) is 31.1 Å². The Morgan fingerprint density at radius 2 is 1.94 bits per heavy atom. The molecule has 17 heavy (non-hydrogen) atoms. The topological polar surface area (TPSA) is 38.8 Å². The minimum atomic E-state index is -0.0462. The van der Waals surface area contributed by atoms with Crippen LogP contribution in [0.15, 0.2) is 0 Å². The van der Waals surface area contributed by atoms with Crippen molar-refractivity contribution in [1.29, 1.82) is 0 Å². The van der Waals surface area contributed by atoms with Gasteiger partial charge in [0.05, 0.1) is 24.7 Å². The largest absolute Gasteiger partial charge is 0.469 e. The van der Waals surface area contributed by atoms with Gasteiger partial charge in [-0.25, -0.2) is 0 Å². The Morgan fingerprint density at radius 1 is 1.29 bits per heavy atom. The second-order valence-corrected chi connectivity index (χ2v) is 6.79. The van der Waals surface area contributed by atoms with E-state index < -0.39 is 0 Å². The minimum absolute atomic E-state index is 0.00121. The zero-order chi connectivity index (χ0) is 12.6. The maximum absolute atomic E-state index is 11.9. The number of epoxide rings is 1. The van der Waals surface area contributed by atoms with Gasteiger partial charge >= 0.3 is 5.97 Å². The lowest BCUT2D eigenvalue weighted by Crippen LogP contribution is -2.40. The van der Waals surface area contributed by atoms with Gasteiger partial charge < -0.3 is 9.47 Å². The molecule has 0 aromatic rings. The van der Waals surface area contributed by atoms with E-state index in [0.717, 1.165) is 12.8 Å². The molecule has 96 valence electrons. The van der Waals surface area contributed by atoms with Gasteiger partial charge in [-0.15, -0.1) is 0 Å². The van der Waals surface area contributed by atoms with Crippen LogP contribution in [0.2, 0.25) is 0 Å². The molecule has 1 aliphatic heterocycles. The van der Waals surface area contributed by atoms with Crippen LogP contribution < -0.4 is 0 Å². The predicted molar refractivity (Wildman–Crippen MR) is 63.4 cm³/mol. The lowest BCUT2D eigenvalue weighted by molar-refractivity contribution is -0.147. The molecule has 3 fully saturated rings. The molecule has 2 aliphatic carbocycles. The molecule has 0 aromatic carbocycles. The molecule has 3 aliphatic rings. The molecule has 0 aromatic heterocycles. The van der Waals surface area contributed by atoms with E-state index in [-0.39, 0.29) is 28.3 Å². The molecule has 6 atom stereocenters. The van der Waals surface area contributed by atoms with E-state index in [1.165, 1.54) is 7.11 Å². The van der Waals surface area contributed by atoms with Crippen LogP contribution in [0, 0.1) is 22.7 Å². The summed E-state index contributed by atoms with van der Waals surface area (Å²) in [6.07, 6.45) is 2.41. The van der Waals surface area contributed by atoms with Crippen LogP contribution in [0.25, 0.3) is 0 Å². The van der Waals surface area contributed by atoms with Crippen molar-refractivity contribution in [3.05, 3.63) is 0 Å². The Labute approximate surface area is 103 Å². The van der Waals surface area contributed by atoms with E-state index in [1.807, 2.05) is 0 Å². The number of hydrogen-bond acceptors (Lipinski definition) is 3. The molecule has 0 spiro atoms. The van der Waals surface area contributed by atoms with Crippen LogP contribution in [-0.4, -0.2) is 24.8 Å². The second kappa shape index (κ2) is 2.87. The molecule has 3 nitrogen and oxygen atoms in total. The van der Waals surface area contributed by atoms with Crippen LogP contribution >= 0.6 is 0 Å². The number of carbonyl (C=O) groups is 1. The van der Waals surface area contributed by atoms with Crippen molar-refractivity contribution < 1.29 is 14.3 Å².